The molecule has 3 amide bonds. The lowest BCUT2D eigenvalue weighted by atomic mass is 9.82. The van der Waals surface area contributed by atoms with Crippen molar-refractivity contribution in [2.45, 2.75) is 37.8 Å². The Kier molecular flexibility index (Phi) is 7.78. The number of nitrogens with one attached hydrogen (secondary N) is 1. The molecule has 1 aliphatic carbocycles. The molecule has 1 heterocycles. The van der Waals surface area contributed by atoms with E-state index in [4.69, 9.17) is 5.73 Å². The fourth-order valence-electron chi connectivity index (χ4n) is 5.26. The number of nitrogens with two attached hydrogens (primary N) is 1. The average Bonchev–Trinajstić information content (AvgIpc) is 2.91. The molecule has 0 bridgehead atoms. The van der Waals surface area contributed by atoms with Crippen LogP contribution in [0.4, 0.5) is 0 Å². The summed E-state index contributed by atoms with van der Waals surface area (Å²) in [5.41, 5.74) is 7.09. The van der Waals surface area contributed by atoms with Crippen LogP contribution >= 0.6 is 0 Å². The smallest absolute Gasteiger partial charge is 0.255 e. The van der Waals surface area contributed by atoms with E-state index in [1.165, 1.54) is 0 Å². The van der Waals surface area contributed by atoms with Gasteiger partial charge < -0.3 is 16.0 Å². The van der Waals surface area contributed by atoms with Gasteiger partial charge in [0.25, 0.3) is 5.91 Å². The topological polar surface area (TPSA) is 120 Å². The number of hydrogen-bond acceptors (Lipinski definition) is 5. The lowest BCUT2D eigenvalue weighted by molar-refractivity contribution is -0.133. The first kappa shape index (κ1) is 24.4. The summed E-state index contributed by atoms with van der Waals surface area (Å²) in [6.07, 6.45) is 3.66. The first-order valence-electron chi connectivity index (χ1n) is 12.2. The second kappa shape index (κ2) is 11.2. The van der Waals surface area contributed by atoms with Crippen molar-refractivity contribution in [1.29, 1.82) is 5.26 Å². The maximum absolute atomic E-state index is 13.3. The van der Waals surface area contributed by atoms with Crippen LogP contribution in [0.2, 0.25) is 0 Å². The number of nitriles is 1. The number of primary amides is 1. The van der Waals surface area contributed by atoms with Crippen molar-refractivity contribution < 1.29 is 14.4 Å². The lowest BCUT2D eigenvalue weighted by Gasteiger charge is -2.44. The van der Waals surface area contributed by atoms with Gasteiger partial charge in [-0.2, -0.15) is 5.26 Å². The van der Waals surface area contributed by atoms with Gasteiger partial charge in [-0.3, -0.25) is 19.3 Å². The molecule has 2 aromatic rings. The van der Waals surface area contributed by atoms with Gasteiger partial charge in [-0.1, -0.05) is 55.3 Å². The molecule has 1 saturated heterocycles. The summed E-state index contributed by atoms with van der Waals surface area (Å²) < 4.78 is 0. The molecule has 3 atom stereocenters. The van der Waals surface area contributed by atoms with Gasteiger partial charge >= 0.3 is 0 Å². The molecule has 1 saturated carbocycles. The van der Waals surface area contributed by atoms with Crippen LogP contribution in [0.5, 0.6) is 0 Å². The molecular weight excluding hydrogens is 442 g/mol. The zero-order chi connectivity index (χ0) is 24.8. The Balaban J connectivity index is 1.41. The lowest BCUT2D eigenvalue weighted by Crippen LogP contribution is -2.56. The third-order valence-corrected chi connectivity index (χ3v) is 7.12. The highest BCUT2D eigenvalue weighted by atomic mass is 16.2. The van der Waals surface area contributed by atoms with Gasteiger partial charge in [0.15, 0.2) is 0 Å². The van der Waals surface area contributed by atoms with Crippen molar-refractivity contribution in [1.82, 2.24) is 15.1 Å². The van der Waals surface area contributed by atoms with Gasteiger partial charge in [-0.15, -0.1) is 0 Å². The number of rotatable bonds is 6. The summed E-state index contributed by atoms with van der Waals surface area (Å²) in [5, 5.41) is 12.2. The van der Waals surface area contributed by atoms with E-state index in [2.05, 4.69) is 16.3 Å². The van der Waals surface area contributed by atoms with Crippen molar-refractivity contribution in [3.8, 4) is 6.07 Å². The molecule has 0 radical (unpaired) electrons. The summed E-state index contributed by atoms with van der Waals surface area (Å²) in [6.45, 7) is 2.40. The van der Waals surface area contributed by atoms with Crippen LogP contribution in [-0.4, -0.2) is 59.7 Å². The fraction of sp³-hybridized carbons (Fsp3) is 0.407. The highest BCUT2D eigenvalue weighted by Crippen LogP contribution is 2.30. The maximum atomic E-state index is 13.3. The number of hydrogen-bond donors (Lipinski definition) is 2. The molecule has 182 valence electrons. The predicted octanol–water partition coefficient (Wildman–Crippen LogP) is 2.22. The quantitative estimate of drug-likeness (QED) is 0.667. The van der Waals surface area contributed by atoms with Crippen LogP contribution in [0.25, 0.3) is 0 Å². The van der Waals surface area contributed by atoms with Crippen LogP contribution in [-0.2, 0) is 9.59 Å². The number of nitrogens with zero attached hydrogens (tertiary/aromatic N) is 3. The summed E-state index contributed by atoms with van der Waals surface area (Å²) >= 11 is 0. The number of amides is 3. The van der Waals surface area contributed by atoms with Crippen molar-refractivity contribution in [2.24, 2.45) is 11.7 Å². The van der Waals surface area contributed by atoms with E-state index < -0.39 is 11.9 Å². The van der Waals surface area contributed by atoms with Crippen LogP contribution in [0, 0.1) is 17.2 Å². The Bertz CT molecular complexity index is 1110. The Morgan fingerprint density at radius 3 is 2.29 bits per heavy atom. The fourth-order valence-corrected chi connectivity index (χ4v) is 5.26. The van der Waals surface area contributed by atoms with Gasteiger partial charge in [0, 0.05) is 32.2 Å². The molecule has 2 aliphatic rings. The Labute approximate surface area is 205 Å². The Hall–Kier alpha value is -3.70. The Morgan fingerprint density at radius 2 is 1.60 bits per heavy atom. The zero-order valence-electron chi connectivity index (χ0n) is 19.7. The van der Waals surface area contributed by atoms with Crippen molar-refractivity contribution in [3.63, 3.8) is 0 Å². The van der Waals surface area contributed by atoms with E-state index in [0.717, 1.165) is 25.7 Å². The molecule has 1 aliphatic heterocycles. The molecule has 0 spiro atoms. The molecule has 0 unspecified atom stereocenters. The van der Waals surface area contributed by atoms with Crippen LogP contribution in [0.3, 0.4) is 0 Å². The van der Waals surface area contributed by atoms with Crippen molar-refractivity contribution >= 4 is 17.7 Å². The molecule has 2 fully saturated rings. The molecular formula is C27H31N5O3. The molecule has 3 N–H and O–H groups in total. The van der Waals surface area contributed by atoms with E-state index in [0.29, 0.717) is 42.9 Å². The summed E-state index contributed by atoms with van der Waals surface area (Å²) in [4.78, 5) is 42.5. The second-order valence-electron chi connectivity index (χ2n) is 9.20. The van der Waals surface area contributed by atoms with E-state index in [-0.39, 0.29) is 23.8 Å². The summed E-state index contributed by atoms with van der Waals surface area (Å²) in [6, 6.07) is 17.2. The molecule has 0 aromatic heterocycles. The van der Waals surface area contributed by atoms with Crippen LogP contribution in [0.1, 0.15) is 53.2 Å². The van der Waals surface area contributed by atoms with Crippen molar-refractivity contribution in [3.05, 3.63) is 71.3 Å². The predicted molar refractivity (Wildman–Crippen MR) is 131 cm³/mol. The van der Waals surface area contributed by atoms with Crippen molar-refractivity contribution in [2.75, 3.05) is 26.2 Å². The number of carbonyl (C=O) groups excluding carboxylic acids is 3. The average molecular weight is 474 g/mol. The highest BCUT2D eigenvalue weighted by Gasteiger charge is 2.38. The van der Waals surface area contributed by atoms with Gasteiger partial charge in [0.1, 0.15) is 6.04 Å². The SMILES string of the molecule is N#Cc1ccccc1C(=O)N1CCN([C@@H]2CCCC[C@H]2C(=O)N[C@H](C(N)=O)c2ccccc2)CC1. The molecule has 35 heavy (non-hydrogen) atoms. The minimum absolute atomic E-state index is 0.0525. The normalized spacial score (nSPS) is 21.5. The van der Waals surface area contributed by atoms with Crippen LogP contribution in [0.15, 0.2) is 54.6 Å². The summed E-state index contributed by atoms with van der Waals surface area (Å²) in [7, 11) is 0. The van der Waals surface area contributed by atoms with Gasteiger partial charge in [-0.05, 0) is 30.5 Å². The third kappa shape index (κ3) is 5.52. The minimum Gasteiger partial charge on any atom is -0.368 e. The molecule has 2 aromatic carbocycles. The first-order chi connectivity index (χ1) is 17.0. The van der Waals surface area contributed by atoms with E-state index in [1.54, 1.807) is 41.3 Å². The number of benzene rings is 2. The van der Waals surface area contributed by atoms with E-state index >= 15 is 0 Å². The number of carbonyl (C=O) groups is 3. The zero-order valence-corrected chi connectivity index (χ0v) is 19.7. The second-order valence-corrected chi connectivity index (χ2v) is 9.20. The maximum Gasteiger partial charge on any atom is 0.255 e. The summed E-state index contributed by atoms with van der Waals surface area (Å²) in [5.74, 6) is -1.10. The number of piperazine rings is 1. The monoisotopic (exact) mass is 473 g/mol. The first-order valence-corrected chi connectivity index (χ1v) is 12.2. The Morgan fingerprint density at radius 1 is 0.943 bits per heavy atom. The minimum atomic E-state index is -0.860. The highest BCUT2D eigenvalue weighted by molar-refractivity contribution is 5.96. The van der Waals surface area contributed by atoms with Gasteiger partial charge in [0.2, 0.25) is 11.8 Å². The molecule has 8 heteroatoms. The molecule has 4 rings (SSSR count). The molecule has 8 nitrogen and oxygen atoms in total. The third-order valence-electron chi connectivity index (χ3n) is 7.12. The van der Waals surface area contributed by atoms with Gasteiger partial charge in [0.05, 0.1) is 23.1 Å². The largest absolute Gasteiger partial charge is 0.368 e. The van der Waals surface area contributed by atoms with E-state index in [9.17, 15) is 19.6 Å². The van der Waals surface area contributed by atoms with E-state index in [1.807, 2.05) is 18.2 Å². The van der Waals surface area contributed by atoms with Crippen LogP contribution < -0.4 is 11.1 Å². The standard InChI is InChI=1S/C27H31N5O3/c28-18-20-10-4-5-11-21(20)27(35)32-16-14-31(15-17-32)23-13-7-6-12-22(23)26(34)30-24(25(29)33)19-8-2-1-3-9-19/h1-5,8-11,22-24H,6-7,12-17H2,(H2,29,33)(H,30,34)/t22-,23-,24+/m1/s1. The van der Waals surface area contributed by atoms with Gasteiger partial charge in [-0.25, -0.2) is 0 Å².